The minimum Gasteiger partial charge on any atom is -0.383 e. The van der Waals surface area contributed by atoms with Gasteiger partial charge in [-0.1, -0.05) is 40.2 Å². The quantitative estimate of drug-likeness (QED) is 0.596. The minimum atomic E-state index is 0.891. The van der Waals surface area contributed by atoms with E-state index in [0.717, 1.165) is 23.2 Å². The van der Waals surface area contributed by atoms with Gasteiger partial charge in [0.05, 0.1) is 0 Å². The van der Waals surface area contributed by atoms with Gasteiger partial charge < -0.3 is 9.88 Å². The summed E-state index contributed by atoms with van der Waals surface area (Å²) in [6.07, 6.45) is 0. The number of hydrogen-bond acceptors (Lipinski definition) is 1. The molecule has 0 atom stereocenters. The zero-order valence-corrected chi connectivity index (χ0v) is 14.9. The number of nitrogens with zero attached hydrogens (tertiary/aromatic N) is 1. The van der Waals surface area contributed by atoms with Gasteiger partial charge in [0.25, 0.3) is 0 Å². The van der Waals surface area contributed by atoms with E-state index >= 15 is 0 Å². The summed E-state index contributed by atoms with van der Waals surface area (Å²) < 4.78 is 4.64. The van der Waals surface area contributed by atoms with Gasteiger partial charge >= 0.3 is 0 Å². The SMILES string of the molecule is Cc1c(Br)c2ccccc2n1CCNc1cccc(Br)c1. The number of benzene rings is 2. The van der Waals surface area contributed by atoms with E-state index in [4.69, 9.17) is 0 Å². The van der Waals surface area contributed by atoms with Crippen molar-refractivity contribution in [2.24, 2.45) is 0 Å². The summed E-state index contributed by atoms with van der Waals surface area (Å²) in [5, 5.41) is 4.74. The van der Waals surface area contributed by atoms with Gasteiger partial charge in [-0.15, -0.1) is 0 Å². The number of aromatic nitrogens is 1. The van der Waals surface area contributed by atoms with Crippen LogP contribution >= 0.6 is 31.9 Å². The maximum Gasteiger partial charge on any atom is 0.0494 e. The molecule has 0 amide bonds. The van der Waals surface area contributed by atoms with Crippen molar-refractivity contribution >= 4 is 48.5 Å². The molecule has 0 saturated heterocycles. The number of hydrogen-bond donors (Lipinski definition) is 1. The zero-order chi connectivity index (χ0) is 14.8. The maximum absolute atomic E-state index is 3.70. The van der Waals surface area contributed by atoms with Gasteiger partial charge in [-0.25, -0.2) is 0 Å². The molecule has 3 rings (SSSR count). The van der Waals surface area contributed by atoms with Gasteiger partial charge in [-0.2, -0.15) is 0 Å². The molecule has 0 aliphatic carbocycles. The molecular formula is C17H16Br2N2. The van der Waals surface area contributed by atoms with Crippen molar-refractivity contribution in [3.63, 3.8) is 0 Å². The molecule has 1 N–H and O–H groups in total. The van der Waals surface area contributed by atoms with Crippen LogP contribution < -0.4 is 5.32 Å². The van der Waals surface area contributed by atoms with Crippen molar-refractivity contribution in [1.29, 1.82) is 0 Å². The van der Waals surface area contributed by atoms with Crippen molar-refractivity contribution in [2.75, 3.05) is 11.9 Å². The lowest BCUT2D eigenvalue weighted by atomic mass is 10.2. The van der Waals surface area contributed by atoms with E-state index in [0.29, 0.717) is 0 Å². The van der Waals surface area contributed by atoms with Crippen LogP contribution in [-0.2, 0) is 6.54 Å². The number of halogens is 2. The molecule has 0 fully saturated rings. The van der Waals surface area contributed by atoms with Crippen LogP contribution in [0.25, 0.3) is 10.9 Å². The van der Waals surface area contributed by atoms with Crippen LogP contribution in [0.1, 0.15) is 5.69 Å². The summed E-state index contributed by atoms with van der Waals surface area (Å²) in [6, 6.07) is 16.8. The predicted octanol–water partition coefficient (Wildman–Crippen LogP) is 5.59. The van der Waals surface area contributed by atoms with Crippen LogP contribution in [0.5, 0.6) is 0 Å². The van der Waals surface area contributed by atoms with E-state index in [2.05, 4.69) is 85.1 Å². The summed E-state index contributed by atoms with van der Waals surface area (Å²) in [7, 11) is 0. The van der Waals surface area contributed by atoms with Crippen molar-refractivity contribution in [1.82, 2.24) is 4.57 Å². The monoisotopic (exact) mass is 406 g/mol. The Labute approximate surface area is 141 Å². The molecule has 0 saturated carbocycles. The number of fused-ring (bicyclic) bond motifs is 1. The van der Waals surface area contributed by atoms with E-state index < -0.39 is 0 Å². The standard InChI is InChI=1S/C17H16Br2N2/c1-12-17(19)15-7-2-3-8-16(15)21(12)10-9-20-14-6-4-5-13(18)11-14/h2-8,11,20H,9-10H2,1H3. The molecule has 0 unspecified atom stereocenters. The molecule has 1 heterocycles. The molecule has 2 nitrogen and oxygen atoms in total. The Hall–Kier alpha value is -1.26. The molecule has 3 aromatic rings. The molecule has 0 aliphatic rings. The number of para-hydroxylation sites is 1. The number of rotatable bonds is 4. The molecular weight excluding hydrogens is 392 g/mol. The first-order chi connectivity index (χ1) is 10.2. The Morgan fingerprint density at radius 3 is 2.67 bits per heavy atom. The van der Waals surface area contributed by atoms with E-state index in [9.17, 15) is 0 Å². The van der Waals surface area contributed by atoms with Crippen molar-refractivity contribution in [3.8, 4) is 0 Å². The summed E-state index contributed by atoms with van der Waals surface area (Å²) >= 11 is 7.20. The predicted molar refractivity (Wildman–Crippen MR) is 97.0 cm³/mol. The van der Waals surface area contributed by atoms with Crippen LogP contribution in [0.2, 0.25) is 0 Å². The lowest BCUT2D eigenvalue weighted by Crippen LogP contribution is -2.11. The minimum absolute atomic E-state index is 0.891. The third kappa shape index (κ3) is 3.01. The second kappa shape index (κ2) is 6.24. The summed E-state index contributed by atoms with van der Waals surface area (Å²) in [5.41, 5.74) is 3.68. The molecule has 0 aliphatic heterocycles. The summed E-state index contributed by atoms with van der Waals surface area (Å²) in [5.74, 6) is 0. The average Bonchev–Trinajstić information content (AvgIpc) is 2.73. The van der Waals surface area contributed by atoms with Gasteiger partial charge in [0.15, 0.2) is 0 Å². The average molecular weight is 408 g/mol. The van der Waals surface area contributed by atoms with E-state index in [-0.39, 0.29) is 0 Å². The fourth-order valence-corrected chi connectivity index (χ4v) is 3.54. The smallest absolute Gasteiger partial charge is 0.0494 e. The second-order valence-electron chi connectivity index (χ2n) is 5.01. The van der Waals surface area contributed by atoms with Crippen LogP contribution in [0.15, 0.2) is 57.5 Å². The van der Waals surface area contributed by atoms with Gasteiger partial charge in [-0.05, 0) is 47.1 Å². The Kier molecular flexibility index (Phi) is 4.36. The fraction of sp³-hybridized carbons (Fsp3) is 0.176. The molecule has 1 aromatic heterocycles. The third-order valence-corrected chi connectivity index (χ3v) is 5.14. The topological polar surface area (TPSA) is 17.0 Å². The Bertz CT molecular complexity index is 778. The first-order valence-electron chi connectivity index (χ1n) is 6.89. The lowest BCUT2D eigenvalue weighted by Gasteiger charge is -2.11. The summed E-state index contributed by atoms with van der Waals surface area (Å²) in [4.78, 5) is 0. The first kappa shape index (κ1) is 14.7. The van der Waals surface area contributed by atoms with Crippen LogP contribution in [-0.4, -0.2) is 11.1 Å². The van der Waals surface area contributed by atoms with E-state index in [1.54, 1.807) is 0 Å². The first-order valence-corrected chi connectivity index (χ1v) is 8.48. The number of anilines is 1. The van der Waals surface area contributed by atoms with Gasteiger partial charge in [0.2, 0.25) is 0 Å². The Morgan fingerprint density at radius 1 is 1.05 bits per heavy atom. The highest BCUT2D eigenvalue weighted by atomic mass is 79.9. The molecule has 2 aromatic carbocycles. The van der Waals surface area contributed by atoms with Gasteiger partial charge in [0.1, 0.15) is 0 Å². The fourth-order valence-electron chi connectivity index (χ4n) is 2.59. The lowest BCUT2D eigenvalue weighted by molar-refractivity contribution is 0.733. The highest BCUT2D eigenvalue weighted by Gasteiger charge is 2.10. The van der Waals surface area contributed by atoms with E-state index in [1.165, 1.54) is 21.1 Å². The van der Waals surface area contributed by atoms with Gasteiger partial charge in [0, 0.05) is 44.3 Å². The largest absolute Gasteiger partial charge is 0.383 e. The van der Waals surface area contributed by atoms with Crippen LogP contribution in [0, 0.1) is 6.92 Å². The second-order valence-corrected chi connectivity index (χ2v) is 6.71. The number of nitrogens with one attached hydrogen (secondary N) is 1. The highest BCUT2D eigenvalue weighted by Crippen LogP contribution is 2.30. The molecule has 0 bridgehead atoms. The Morgan fingerprint density at radius 2 is 1.86 bits per heavy atom. The van der Waals surface area contributed by atoms with Crippen LogP contribution in [0.4, 0.5) is 5.69 Å². The maximum atomic E-state index is 3.70. The van der Waals surface area contributed by atoms with Crippen LogP contribution in [0.3, 0.4) is 0 Å². The molecule has 4 heteroatoms. The zero-order valence-electron chi connectivity index (χ0n) is 11.7. The van der Waals surface area contributed by atoms with Crippen molar-refractivity contribution in [3.05, 3.63) is 63.2 Å². The highest BCUT2D eigenvalue weighted by molar-refractivity contribution is 9.11. The van der Waals surface area contributed by atoms with Gasteiger partial charge in [-0.3, -0.25) is 0 Å². The molecule has 0 radical (unpaired) electrons. The summed E-state index contributed by atoms with van der Waals surface area (Å²) in [6.45, 7) is 3.98. The molecule has 21 heavy (non-hydrogen) atoms. The third-order valence-electron chi connectivity index (χ3n) is 3.64. The Balaban J connectivity index is 1.78. The normalized spacial score (nSPS) is 11.0. The van der Waals surface area contributed by atoms with Crippen molar-refractivity contribution in [2.45, 2.75) is 13.5 Å². The van der Waals surface area contributed by atoms with E-state index in [1.807, 2.05) is 12.1 Å². The van der Waals surface area contributed by atoms with Crippen molar-refractivity contribution < 1.29 is 0 Å². The molecule has 0 spiro atoms. The molecule has 108 valence electrons.